The maximum absolute atomic E-state index is 13.3. The van der Waals surface area contributed by atoms with Gasteiger partial charge in [-0.1, -0.05) is 0 Å². The number of aromatic nitrogens is 5. The topological polar surface area (TPSA) is 109 Å². The maximum atomic E-state index is 13.3. The summed E-state index contributed by atoms with van der Waals surface area (Å²) in [6, 6.07) is 10.2. The first-order valence-electron chi connectivity index (χ1n) is 14.6. The molecule has 11 heteroatoms. The lowest BCUT2D eigenvalue weighted by molar-refractivity contribution is -0.122. The van der Waals surface area contributed by atoms with E-state index in [1.54, 1.807) is 29.0 Å². The number of ether oxygens (including phenoxy) is 1. The summed E-state index contributed by atoms with van der Waals surface area (Å²) in [6.45, 7) is 13.1. The van der Waals surface area contributed by atoms with Crippen molar-refractivity contribution in [3.05, 3.63) is 71.6 Å². The fourth-order valence-electron chi connectivity index (χ4n) is 5.49. The van der Waals surface area contributed by atoms with Gasteiger partial charge < -0.3 is 9.64 Å². The maximum Gasteiger partial charge on any atom is 0.209 e. The average molecular weight is 592 g/mol. The average Bonchev–Trinajstić information content (AvgIpc) is 3.63. The Kier molecular flexibility index (Phi) is 10.4. The van der Waals surface area contributed by atoms with E-state index in [2.05, 4.69) is 59.9 Å². The fourth-order valence-corrected chi connectivity index (χ4v) is 5.49. The lowest BCUT2D eigenvalue weighted by Crippen LogP contribution is -2.57. The SMILES string of the molecule is CC1CC(c2cc(-c3ccc(F)cc3)nn3cc(C=O)nc23)CC(C)O1.CN1CCN(C=O)CC1(C)C.Cc1ccn[nH]1. The van der Waals surface area contributed by atoms with Crippen LogP contribution in [0.25, 0.3) is 16.9 Å². The number of amides is 1. The number of halogens is 1. The molecule has 43 heavy (non-hydrogen) atoms. The molecule has 0 bridgehead atoms. The van der Waals surface area contributed by atoms with Crippen molar-refractivity contribution < 1.29 is 18.7 Å². The van der Waals surface area contributed by atoms with Crippen LogP contribution in [0.3, 0.4) is 0 Å². The molecular weight excluding hydrogens is 549 g/mol. The Labute approximate surface area is 252 Å². The minimum atomic E-state index is -0.284. The molecule has 0 radical (unpaired) electrons. The molecule has 6 rings (SSSR count). The molecule has 10 nitrogen and oxygen atoms in total. The van der Waals surface area contributed by atoms with Crippen LogP contribution in [-0.4, -0.2) is 91.7 Å². The molecule has 2 fully saturated rings. The zero-order chi connectivity index (χ0) is 31.1. The van der Waals surface area contributed by atoms with E-state index in [-0.39, 0.29) is 29.5 Å². The van der Waals surface area contributed by atoms with Crippen LogP contribution in [0, 0.1) is 12.7 Å². The van der Waals surface area contributed by atoms with Crippen molar-refractivity contribution in [1.29, 1.82) is 0 Å². The Hall–Kier alpha value is -3.96. The number of hydrogen-bond donors (Lipinski definition) is 1. The summed E-state index contributed by atoms with van der Waals surface area (Å²) in [4.78, 5) is 30.2. The highest BCUT2D eigenvalue weighted by molar-refractivity contribution is 5.74. The van der Waals surface area contributed by atoms with Gasteiger partial charge in [0.2, 0.25) is 6.41 Å². The number of rotatable bonds is 4. The molecule has 0 spiro atoms. The number of nitrogens with one attached hydrogen (secondary N) is 1. The van der Waals surface area contributed by atoms with Crippen molar-refractivity contribution in [2.75, 3.05) is 26.7 Å². The van der Waals surface area contributed by atoms with Gasteiger partial charge in [-0.15, -0.1) is 0 Å². The van der Waals surface area contributed by atoms with Crippen LogP contribution in [0.5, 0.6) is 0 Å². The van der Waals surface area contributed by atoms with E-state index in [1.807, 2.05) is 24.0 Å². The van der Waals surface area contributed by atoms with E-state index >= 15 is 0 Å². The molecule has 2 saturated heterocycles. The number of likely N-dealkylation sites (N-methyl/N-ethyl adjacent to an activating group) is 1. The van der Waals surface area contributed by atoms with E-state index in [0.717, 1.165) is 67.7 Å². The number of benzene rings is 1. The highest BCUT2D eigenvalue weighted by Crippen LogP contribution is 2.36. The molecule has 3 aromatic heterocycles. The quantitative estimate of drug-likeness (QED) is 0.336. The van der Waals surface area contributed by atoms with E-state index in [9.17, 15) is 14.0 Å². The summed E-state index contributed by atoms with van der Waals surface area (Å²) < 4.78 is 20.8. The number of aryl methyl sites for hydroxylation is 1. The number of aromatic amines is 1. The summed E-state index contributed by atoms with van der Waals surface area (Å²) in [6.07, 6.45) is 7.12. The van der Waals surface area contributed by atoms with Crippen LogP contribution in [0.15, 0.2) is 48.8 Å². The number of H-pyrrole nitrogens is 1. The molecule has 1 N–H and O–H groups in total. The minimum Gasteiger partial charge on any atom is -0.376 e. The van der Waals surface area contributed by atoms with E-state index < -0.39 is 0 Å². The van der Waals surface area contributed by atoms with Crippen molar-refractivity contribution in [2.45, 2.75) is 71.1 Å². The summed E-state index contributed by atoms with van der Waals surface area (Å²) in [5.41, 5.74) is 4.90. The number of fused-ring (bicyclic) bond motifs is 1. The second-order valence-corrected chi connectivity index (χ2v) is 12.0. The number of hydrogen-bond acceptors (Lipinski definition) is 7. The predicted octanol–water partition coefficient (Wildman–Crippen LogP) is 4.91. The van der Waals surface area contributed by atoms with Gasteiger partial charge in [0.25, 0.3) is 0 Å². The molecule has 2 aliphatic rings. The molecule has 2 unspecified atom stereocenters. The van der Waals surface area contributed by atoms with E-state index in [4.69, 9.17) is 4.74 Å². The lowest BCUT2D eigenvalue weighted by atomic mass is 9.86. The van der Waals surface area contributed by atoms with Gasteiger partial charge in [0.15, 0.2) is 11.9 Å². The number of aldehydes is 1. The molecule has 4 aromatic rings. The van der Waals surface area contributed by atoms with Crippen molar-refractivity contribution in [3.8, 4) is 11.3 Å². The molecule has 1 amide bonds. The third-order valence-electron chi connectivity index (χ3n) is 8.01. The number of piperazine rings is 1. The zero-order valence-corrected chi connectivity index (χ0v) is 25.8. The molecule has 2 aliphatic heterocycles. The second-order valence-electron chi connectivity index (χ2n) is 12.0. The van der Waals surface area contributed by atoms with Gasteiger partial charge in [0, 0.05) is 48.2 Å². The molecule has 2 atom stereocenters. The Balaban J connectivity index is 0.000000203. The van der Waals surface area contributed by atoms with Gasteiger partial charge >= 0.3 is 0 Å². The van der Waals surface area contributed by atoms with Crippen molar-refractivity contribution in [2.24, 2.45) is 0 Å². The summed E-state index contributed by atoms with van der Waals surface area (Å²) in [5, 5.41) is 11.0. The molecular formula is C32H42FN7O3. The van der Waals surface area contributed by atoms with Crippen LogP contribution < -0.4 is 0 Å². The number of nitrogens with zero attached hydrogens (tertiary/aromatic N) is 6. The Morgan fingerprint density at radius 1 is 1.07 bits per heavy atom. The zero-order valence-electron chi connectivity index (χ0n) is 25.8. The third kappa shape index (κ3) is 8.32. The standard InChI is InChI=1S/C20H20FN3O2.C8H16N2O.C4H6N2/c1-12-7-15(8-13(2)26-12)18-9-19(14-3-5-16(21)6-4-14)23-24-10-17(11-25)22-20(18)24;1-8(2)6-10(7-11)5-4-9(8)3;1-4-2-3-5-6-4/h3-6,9-13,15H,7-8H2,1-2H3;7H,4-6H2,1-3H3;2-3H,1H3,(H,5,6). The normalized spacial score (nSPS) is 21.7. The van der Waals surface area contributed by atoms with Crippen molar-refractivity contribution in [1.82, 2.24) is 34.6 Å². The van der Waals surface area contributed by atoms with Gasteiger partial charge in [-0.05, 0) is 96.8 Å². The van der Waals surface area contributed by atoms with Crippen LogP contribution in [-0.2, 0) is 9.53 Å². The number of carbonyl (C=O) groups is 2. The van der Waals surface area contributed by atoms with Gasteiger partial charge in [-0.3, -0.25) is 19.6 Å². The van der Waals surface area contributed by atoms with Gasteiger partial charge in [0.05, 0.1) is 24.1 Å². The molecule has 1 aromatic carbocycles. The van der Waals surface area contributed by atoms with Gasteiger partial charge in [-0.25, -0.2) is 13.9 Å². The predicted molar refractivity (Wildman–Crippen MR) is 163 cm³/mol. The minimum absolute atomic E-state index is 0.138. The summed E-state index contributed by atoms with van der Waals surface area (Å²) in [5.74, 6) is -0.0200. The lowest BCUT2D eigenvalue weighted by Gasteiger charge is -2.43. The van der Waals surface area contributed by atoms with Crippen LogP contribution in [0.1, 0.15) is 68.2 Å². The van der Waals surface area contributed by atoms with Crippen LogP contribution in [0.2, 0.25) is 0 Å². The third-order valence-corrected chi connectivity index (χ3v) is 8.01. The smallest absolute Gasteiger partial charge is 0.209 e. The van der Waals surface area contributed by atoms with Gasteiger partial charge in [-0.2, -0.15) is 10.2 Å². The monoisotopic (exact) mass is 591 g/mol. The molecule has 5 heterocycles. The highest BCUT2D eigenvalue weighted by atomic mass is 19.1. The van der Waals surface area contributed by atoms with Crippen molar-refractivity contribution in [3.63, 3.8) is 0 Å². The fraction of sp³-hybridized carbons (Fsp3) is 0.469. The van der Waals surface area contributed by atoms with Crippen LogP contribution in [0.4, 0.5) is 4.39 Å². The van der Waals surface area contributed by atoms with E-state index in [1.165, 1.54) is 12.1 Å². The first-order valence-corrected chi connectivity index (χ1v) is 14.6. The molecule has 0 saturated carbocycles. The number of carbonyl (C=O) groups excluding carboxylic acids is 2. The Bertz CT molecular complexity index is 1480. The summed E-state index contributed by atoms with van der Waals surface area (Å²) in [7, 11) is 2.10. The Morgan fingerprint density at radius 3 is 2.30 bits per heavy atom. The highest BCUT2D eigenvalue weighted by Gasteiger charge is 2.30. The Morgan fingerprint density at radius 2 is 1.77 bits per heavy atom. The number of imidazole rings is 1. The molecule has 0 aliphatic carbocycles. The van der Waals surface area contributed by atoms with Gasteiger partial charge in [0.1, 0.15) is 11.5 Å². The first kappa shape index (κ1) is 32.0. The second kappa shape index (κ2) is 14.0. The summed E-state index contributed by atoms with van der Waals surface area (Å²) >= 11 is 0. The van der Waals surface area contributed by atoms with Crippen LogP contribution >= 0.6 is 0 Å². The first-order chi connectivity index (χ1) is 20.5. The largest absolute Gasteiger partial charge is 0.376 e. The molecule has 230 valence electrons. The van der Waals surface area contributed by atoms with E-state index in [0.29, 0.717) is 11.3 Å². The van der Waals surface area contributed by atoms with Crippen molar-refractivity contribution >= 4 is 18.3 Å².